The number of nitrogens with one attached hydrogen (secondary N) is 1. The van der Waals surface area contributed by atoms with E-state index in [1.165, 1.54) is 21.7 Å². The first-order chi connectivity index (χ1) is 10.3. The minimum Gasteiger partial charge on any atom is -0.316 e. The molecule has 6 heteroatoms. The molecule has 0 spiro atoms. The van der Waals surface area contributed by atoms with Crippen molar-refractivity contribution < 1.29 is 0 Å². The highest BCUT2D eigenvalue weighted by molar-refractivity contribution is 7.99. The molecule has 0 unspecified atom stereocenters. The van der Waals surface area contributed by atoms with E-state index in [0.717, 1.165) is 25.3 Å². The first kappa shape index (κ1) is 16.1. The zero-order chi connectivity index (χ0) is 14.9. The van der Waals surface area contributed by atoms with Crippen LogP contribution in [0, 0.1) is 0 Å². The van der Waals surface area contributed by atoms with Crippen LogP contribution in [0.1, 0.15) is 6.42 Å². The summed E-state index contributed by atoms with van der Waals surface area (Å²) in [7, 11) is 0. The average molecular weight is 324 g/mol. The van der Waals surface area contributed by atoms with Gasteiger partial charge in [-0.15, -0.1) is 11.8 Å². The van der Waals surface area contributed by atoms with E-state index in [0.29, 0.717) is 11.7 Å². The molecule has 21 heavy (non-hydrogen) atoms. The van der Waals surface area contributed by atoms with Gasteiger partial charge in [0, 0.05) is 29.8 Å². The van der Waals surface area contributed by atoms with Crippen molar-refractivity contribution in [2.75, 3.05) is 18.8 Å². The Balaban J connectivity index is 1.58. The number of rotatable bonds is 8. The van der Waals surface area contributed by atoms with Crippen LogP contribution in [0.25, 0.3) is 0 Å². The molecule has 0 bridgehead atoms. The van der Waals surface area contributed by atoms with Gasteiger partial charge in [-0.2, -0.15) is 5.10 Å². The quantitative estimate of drug-likeness (QED) is 0.599. The molecule has 1 heterocycles. The van der Waals surface area contributed by atoms with Gasteiger partial charge in [-0.3, -0.25) is 4.79 Å². The summed E-state index contributed by atoms with van der Waals surface area (Å²) in [4.78, 5) is 12.8. The van der Waals surface area contributed by atoms with Crippen LogP contribution >= 0.6 is 23.4 Å². The summed E-state index contributed by atoms with van der Waals surface area (Å²) in [6.07, 6.45) is 0.850. The highest BCUT2D eigenvalue weighted by atomic mass is 35.5. The van der Waals surface area contributed by atoms with Gasteiger partial charge in [0.2, 0.25) is 0 Å². The van der Waals surface area contributed by atoms with Crippen molar-refractivity contribution in [1.29, 1.82) is 0 Å². The fraction of sp³-hybridized carbons (Fsp3) is 0.333. The van der Waals surface area contributed by atoms with E-state index in [1.54, 1.807) is 0 Å². The second kappa shape index (κ2) is 8.87. The Bertz CT molecular complexity index is 603. The van der Waals surface area contributed by atoms with Gasteiger partial charge in [-0.1, -0.05) is 29.8 Å². The Morgan fingerprint density at radius 2 is 1.95 bits per heavy atom. The molecule has 2 rings (SSSR count). The summed E-state index contributed by atoms with van der Waals surface area (Å²) in [5.41, 5.74) is -0.112. The zero-order valence-corrected chi connectivity index (χ0v) is 13.2. The largest absolute Gasteiger partial charge is 0.316 e. The van der Waals surface area contributed by atoms with Crippen molar-refractivity contribution in [3.8, 4) is 0 Å². The second-order valence-corrected chi connectivity index (χ2v) is 6.04. The number of benzene rings is 1. The van der Waals surface area contributed by atoms with Gasteiger partial charge in [-0.05, 0) is 31.2 Å². The molecule has 0 amide bonds. The van der Waals surface area contributed by atoms with Crippen molar-refractivity contribution in [1.82, 2.24) is 15.1 Å². The van der Waals surface area contributed by atoms with Crippen LogP contribution in [-0.4, -0.2) is 28.6 Å². The van der Waals surface area contributed by atoms with Crippen molar-refractivity contribution in [3.05, 3.63) is 58.0 Å². The predicted molar refractivity (Wildman–Crippen MR) is 88.2 cm³/mol. The molecule has 0 aliphatic heterocycles. The Kier molecular flexibility index (Phi) is 6.79. The molecule has 2 aromatic rings. The van der Waals surface area contributed by atoms with Crippen molar-refractivity contribution in [2.24, 2.45) is 0 Å². The van der Waals surface area contributed by atoms with Crippen LogP contribution in [0.15, 0.2) is 52.2 Å². The molecular weight excluding hydrogens is 306 g/mol. The molecule has 0 aliphatic rings. The molecule has 1 aromatic carbocycles. The summed E-state index contributed by atoms with van der Waals surface area (Å²) >= 11 is 7.60. The van der Waals surface area contributed by atoms with E-state index in [9.17, 15) is 4.79 Å². The van der Waals surface area contributed by atoms with Crippen LogP contribution in [-0.2, 0) is 6.54 Å². The molecule has 0 saturated heterocycles. The summed E-state index contributed by atoms with van der Waals surface area (Å²) in [6, 6.07) is 13.3. The fourth-order valence-electron chi connectivity index (χ4n) is 1.82. The van der Waals surface area contributed by atoms with Gasteiger partial charge >= 0.3 is 0 Å². The third kappa shape index (κ3) is 5.91. The maximum absolute atomic E-state index is 11.5. The zero-order valence-electron chi connectivity index (χ0n) is 11.7. The fourth-order valence-corrected chi connectivity index (χ4v) is 2.81. The van der Waals surface area contributed by atoms with Gasteiger partial charge in [0.15, 0.2) is 0 Å². The van der Waals surface area contributed by atoms with Crippen LogP contribution in [0.2, 0.25) is 5.15 Å². The van der Waals surface area contributed by atoms with E-state index in [1.807, 2.05) is 30.0 Å². The molecule has 1 N–H and O–H groups in total. The summed E-state index contributed by atoms with van der Waals surface area (Å²) in [6.45, 7) is 2.38. The maximum Gasteiger partial charge on any atom is 0.266 e. The number of thioether (sulfide) groups is 1. The van der Waals surface area contributed by atoms with E-state index < -0.39 is 0 Å². The molecule has 112 valence electrons. The third-order valence-corrected chi connectivity index (χ3v) is 4.06. The monoisotopic (exact) mass is 323 g/mol. The van der Waals surface area contributed by atoms with E-state index >= 15 is 0 Å². The molecule has 0 fully saturated rings. The van der Waals surface area contributed by atoms with Crippen LogP contribution < -0.4 is 10.9 Å². The average Bonchev–Trinajstić information content (AvgIpc) is 2.50. The SMILES string of the molecule is O=c1ccc(Cl)nn1CCCNCCSc1ccccc1. The second-order valence-electron chi connectivity index (χ2n) is 4.48. The van der Waals surface area contributed by atoms with Gasteiger partial charge in [0.25, 0.3) is 5.56 Å². The molecule has 0 atom stereocenters. The minimum absolute atomic E-state index is 0.112. The smallest absolute Gasteiger partial charge is 0.266 e. The van der Waals surface area contributed by atoms with Crippen LogP contribution in [0.3, 0.4) is 0 Å². The Hall–Kier alpha value is -1.30. The number of nitrogens with zero attached hydrogens (tertiary/aromatic N) is 2. The maximum atomic E-state index is 11.5. The molecule has 0 saturated carbocycles. The molecular formula is C15H18ClN3OS. The number of hydrogen-bond acceptors (Lipinski definition) is 4. The topological polar surface area (TPSA) is 46.9 Å². The van der Waals surface area contributed by atoms with Crippen LogP contribution in [0.5, 0.6) is 0 Å². The normalized spacial score (nSPS) is 10.7. The lowest BCUT2D eigenvalue weighted by atomic mass is 10.4. The van der Waals surface area contributed by atoms with Gasteiger partial charge < -0.3 is 5.32 Å². The molecule has 1 aromatic heterocycles. The summed E-state index contributed by atoms with van der Waals surface area (Å²) in [5, 5.41) is 7.70. The minimum atomic E-state index is -0.112. The molecule has 0 radical (unpaired) electrons. The lowest BCUT2D eigenvalue weighted by Gasteiger charge is -2.06. The highest BCUT2D eigenvalue weighted by Crippen LogP contribution is 2.15. The van der Waals surface area contributed by atoms with Gasteiger partial charge in [0.05, 0.1) is 0 Å². The highest BCUT2D eigenvalue weighted by Gasteiger charge is 1.98. The van der Waals surface area contributed by atoms with Gasteiger partial charge in [0.1, 0.15) is 5.15 Å². The summed E-state index contributed by atoms with van der Waals surface area (Å²) in [5.74, 6) is 1.03. The molecule has 4 nitrogen and oxygen atoms in total. The first-order valence-corrected chi connectivity index (χ1v) is 8.24. The van der Waals surface area contributed by atoms with E-state index in [-0.39, 0.29) is 5.56 Å². The Morgan fingerprint density at radius 1 is 1.14 bits per heavy atom. The standard InChI is InChI=1S/C15H18ClN3OS/c16-14-7-8-15(20)19(18-14)11-4-9-17-10-12-21-13-5-2-1-3-6-13/h1-3,5-8,17H,4,9-12H2. The van der Waals surface area contributed by atoms with Crippen molar-refractivity contribution in [3.63, 3.8) is 0 Å². The number of hydrogen-bond donors (Lipinski definition) is 1. The predicted octanol–water partition coefficient (Wildman–Crippen LogP) is 2.67. The van der Waals surface area contributed by atoms with Crippen LogP contribution in [0.4, 0.5) is 0 Å². The number of aromatic nitrogens is 2. The van der Waals surface area contributed by atoms with Crippen molar-refractivity contribution in [2.45, 2.75) is 17.9 Å². The molecule has 0 aliphatic carbocycles. The van der Waals surface area contributed by atoms with E-state index in [4.69, 9.17) is 11.6 Å². The Morgan fingerprint density at radius 3 is 2.76 bits per heavy atom. The lowest BCUT2D eigenvalue weighted by Crippen LogP contribution is -2.25. The number of aryl methyl sites for hydroxylation is 1. The first-order valence-electron chi connectivity index (χ1n) is 6.88. The lowest BCUT2D eigenvalue weighted by molar-refractivity contribution is 0.528. The van der Waals surface area contributed by atoms with Crippen molar-refractivity contribution >= 4 is 23.4 Å². The summed E-state index contributed by atoms with van der Waals surface area (Å²) < 4.78 is 1.41. The van der Waals surface area contributed by atoms with E-state index in [2.05, 4.69) is 22.5 Å². The van der Waals surface area contributed by atoms with Gasteiger partial charge in [-0.25, -0.2) is 4.68 Å². The number of halogens is 1. The third-order valence-electron chi connectivity index (χ3n) is 2.85. The Labute approximate surface area is 133 Å².